The number of nitrogens with zero attached hydrogens (tertiary/aromatic N) is 1. The predicted molar refractivity (Wildman–Crippen MR) is 150 cm³/mol. The highest BCUT2D eigenvalue weighted by Crippen LogP contribution is 2.61. The van der Waals surface area contributed by atoms with Crippen molar-refractivity contribution in [2.24, 2.45) is 17.8 Å². The highest BCUT2D eigenvalue weighted by atomic mass is 35.5. The third kappa shape index (κ3) is 4.11. The van der Waals surface area contributed by atoms with Crippen molar-refractivity contribution in [2.75, 3.05) is 11.9 Å². The molecule has 3 aromatic carbocycles. The molecule has 3 atom stereocenters. The van der Waals surface area contributed by atoms with Crippen molar-refractivity contribution >= 4 is 52.6 Å². The van der Waals surface area contributed by atoms with Crippen molar-refractivity contribution in [3.8, 4) is 0 Å². The summed E-state index contributed by atoms with van der Waals surface area (Å²) in [7, 11) is 0. The Bertz CT molecular complexity index is 1460. The Morgan fingerprint density at radius 3 is 1.77 bits per heavy atom. The van der Waals surface area contributed by atoms with E-state index in [4.69, 9.17) is 27.9 Å². The number of nitrogens with one attached hydrogen (secondary N) is 1. The minimum atomic E-state index is -1.16. The Kier molecular flexibility index (Phi) is 6.67. The molecule has 3 aromatic rings. The molecule has 1 aliphatic heterocycles. The lowest BCUT2D eigenvalue weighted by Crippen LogP contribution is -2.49. The van der Waals surface area contributed by atoms with Crippen molar-refractivity contribution in [3.05, 3.63) is 99.0 Å². The number of anilines is 1. The van der Waals surface area contributed by atoms with Crippen molar-refractivity contribution in [1.29, 1.82) is 0 Å². The monoisotopic (exact) mass is 576 g/mol. The number of carbonyl (C=O) groups excluding carboxylic acids is 4. The molecule has 4 aliphatic rings. The summed E-state index contributed by atoms with van der Waals surface area (Å²) in [6, 6.07) is 19.3. The van der Waals surface area contributed by atoms with Crippen LogP contribution in [0.3, 0.4) is 0 Å². The van der Waals surface area contributed by atoms with Crippen LogP contribution in [0.5, 0.6) is 0 Å². The second kappa shape index (κ2) is 10.1. The van der Waals surface area contributed by atoms with Crippen LogP contribution in [0, 0.1) is 17.8 Å². The van der Waals surface area contributed by atoms with Crippen LogP contribution < -0.4 is 5.32 Å². The third-order valence-electron chi connectivity index (χ3n) is 8.18. The highest BCUT2D eigenvalue weighted by molar-refractivity contribution is 6.42. The lowest BCUT2D eigenvalue weighted by Gasteiger charge is -2.45. The van der Waals surface area contributed by atoms with E-state index in [-0.39, 0.29) is 28.7 Å². The van der Waals surface area contributed by atoms with Crippen LogP contribution in [-0.4, -0.2) is 41.2 Å². The molecule has 1 heterocycles. The molecule has 7 rings (SSSR count). The minimum Gasteiger partial charge on any atom is -0.454 e. The van der Waals surface area contributed by atoms with Crippen LogP contribution in [0.4, 0.5) is 5.69 Å². The number of likely N-dealkylation sites (tertiary alicyclic amines) is 1. The largest absolute Gasteiger partial charge is 0.454 e. The molecule has 0 aromatic heterocycles. The predicted octanol–water partition coefficient (Wildman–Crippen LogP) is 5.39. The van der Waals surface area contributed by atoms with E-state index in [0.717, 1.165) is 27.2 Å². The third-order valence-corrected chi connectivity index (χ3v) is 8.92. The molecule has 40 heavy (non-hydrogen) atoms. The first-order valence-corrected chi connectivity index (χ1v) is 13.9. The van der Waals surface area contributed by atoms with E-state index < -0.39 is 42.3 Å². The molecule has 7 nitrogen and oxygen atoms in total. The van der Waals surface area contributed by atoms with Crippen molar-refractivity contribution < 1.29 is 23.9 Å². The zero-order valence-corrected chi connectivity index (χ0v) is 23.3. The van der Waals surface area contributed by atoms with Gasteiger partial charge in [-0.25, -0.2) is 4.79 Å². The van der Waals surface area contributed by atoms with E-state index in [9.17, 15) is 19.2 Å². The maximum absolute atomic E-state index is 14.0. The molecule has 0 radical (unpaired) electrons. The van der Waals surface area contributed by atoms with Gasteiger partial charge in [0.15, 0.2) is 6.61 Å². The lowest BCUT2D eigenvalue weighted by atomic mass is 9.55. The van der Waals surface area contributed by atoms with Crippen LogP contribution in [-0.2, 0) is 23.9 Å². The first kappa shape index (κ1) is 26.5. The molecule has 9 heteroatoms. The molecule has 0 saturated carbocycles. The topological polar surface area (TPSA) is 92.8 Å². The van der Waals surface area contributed by atoms with Gasteiger partial charge >= 0.3 is 5.97 Å². The first-order chi connectivity index (χ1) is 19.2. The molecule has 3 aliphatic carbocycles. The molecular weight excluding hydrogens is 551 g/mol. The zero-order valence-electron chi connectivity index (χ0n) is 21.8. The first-order valence-electron chi connectivity index (χ1n) is 13.1. The molecule has 1 fully saturated rings. The Morgan fingerprint density at radius 1 is 0.825 bits per heavy atom. The van der Waals surface area contributed by atoms with Gasteiger partial charge in [-0.1, -0.05) is 85.6 Å². The fourth-order valence-corrected chi connectivity index (χ4v) is 6.94. The molecular formula is C31H26Cl2N2O5. The average Bonchev–Trinajstić information content (AvgIpc) is 3.20. The van der Waals surface area contributed by atoms with Gasteiger partial charge in [0.2, 0.25) is 11.8 Å². The van der Waals surface area contributed by atoms with E-state index in [1.165, 1.54) is 12.1 Å². The Labute approximate surface area is 241 Å². The van der Waals surface area contributed by atoms with E-state index in [1.54, 1.807) is 19.9 Å². The second-order valence-corrected chi connectivity index (χ2v) is 11.6. The Morgan fingerprint density at radius 2 is 1.32 bits per heavy atom. The SMILES string of the molecule is CC(C)[C@H](C(=O)OCC(=O)Nc1ccc(Cl)c(Cl)c1)N1C(=O)[C@@H]2C3c4ccccc4C(c4ccccc43)[C@@H]2C1=O. The summed E-state index contributed by atoms with van der Waals surface area (Å²) in [5.74, 6) is -4.32. The van der Waals surface area contributed by atoms with Crippen LogP contribution >= 0.6 is 23.2 Å². The van der Waals surface area contributed by atoms with Gasteiger partial charge in [0, 0.05) is 17.5 Å². The van der Waals surface area contributed by atoms with Gasteiger partial charge in [-0.3, -0.25) is 19.3 Å². The molecule has 1 saturated heterocycles. The fraction of sp³-hybridized carbons (Fsp3) is 0.290. The summed E-state index contributed by atoms with van der Waals surface area (Å²) >= 11 is 11.9. The minimum absolute atomic E-state index is 0.266. The average molecular weight is 577 g/mol. The van der Waals surface area contributed by atoms with E-state index in [0.29, 0.717) is 10.7 Å². The molecule has 3 amide bonds. The van der Waals surface area contributed by atoms with Crippen LogP contribution in [0.2, 0.25) is 10.0 Å². The summed E-state index contributed by atoms with van der Waals surface area (Å²) in [6.45, 7) is 2.91. The number of amides is 3. The molecule has 0 unspecified atom stereocenters. The number of hydrogen-bond donors (Lipinski definition) is 1. The molecule has 2 bridgehead atoms. The van der Waals surface area contributed by atoms with Crippen LogP contribution in [0.25, 0.3) is 0 Å². The Hall–Kier alpha value is -3.68. The summed E-state index contributed by atoms with van der Waals surface area (Å²) in [5, 5.41) is 3.20. The molecule has 204 valence electrons. The smallest absolute Gasteiger partial charge is 0.330 e. The molecule has 0 spiro atoms. The number of esters is 1. The normalized spacial score (nSPS) is 23.0. The number of hydrogen-bond acceptors (Lipinski definition) is 5. The molecule has 1 N–H and O–H groups in total. The van der Waals surface area contributed by atoms with Gasteiger partial charge in [-0.2, -0.15) is 0 Å². The lowest BCUT2D eigenvalue weighted by molar-refractivity contribution is -0.162. The van der Waals surface area contributed by atoms with Gasteiger partial charge in [-0.05, 0) is 46.4 Å². The van der Waals surface area contributed by atoms with Gasteiger partial charge in [0.05, 0.1) is 21.9 Å². The standard InChI is InChI=1S/C31H26Cl2N2O5/c1-15(2)28(31(39)40-14-23(36)34-16-11-12-21(32)22(33)13-16)35-29(37)26-24-17-7-3-4-8-18(17)25(27(26)30(35)38)20-10-6-5-9-19(20)24/h3-13,15,24-28H,14H2,1-2H3,(H,34,36)/t24?,25?,26-,27+,28-/m1/s1. The number of carbonyl (C=O) groups is 4. The summed E-state index contributed by atoms with van der Waals surface area (Å²) < 4.78 is 5.35. The van der Waals surface area contributed by atoms with Crippen molar-refractivity contribution in [3.63, 3.8) is 0 Å². The quantitative estimate of drug-likeness (QED) is 0.313. The van der Waals surface area contributed by atoms with E-state index in [1.807, 2.05) is 48.5 Å². The van der Waals surface area contributed by atoms with Gasteiger partial charge < -0.3 is 10.1 Å². The maximum Gasteiger partial charge on any atom is 0.330 e. The van der Waals surface area contributed by atoms with Crippen LogP contribution in [0.15, 0.2) is 66.7 Å². The second-order valence-electron chi connectivity index (χ2n) is 10.8. The van der Waals surface area contributed by atoms with Crippen LogP contribution in [0.1, 0.15) is 47.9 Å². The van der Waals surface area contributed by atoms with Crippen molar-refractivity contribution in [1.82, 2.24) is 4.90 Å². The van der Waals surface area contributed by atoms with E-state index in [2.05, 4.69) is 5.32 Å². The summed E-state index contributed by atoms with van der Waals surface area (Å²) in [5.41, 5.74) is 4.60. The zero-order chi connectivity index (χ0) is 28.3. The van der Waals surface area contributed by atoms with Gasteiger partial charge in [0.25, 0.3) is 5.91 Å². The van der Waals surface area contributed by atoms with Crippen molar-refractivity contribution in [2.45, 2.75) is 31.7 Å². The Balaban J connectivity index is 1.25. The number of imide groups is 1. The summed E-state index contributed by atoms with van der Waals surface area (Å²) in [4.78, 5) is 55.0. The van der Waals surface area contributed by atoms with Gasteiger partial charge in [0.1, 0.15) is 6.04 Å². The number of halogens is 2. The van der Waals surface area contributed by atoms with E-state index >= 15 is 0 Å². The highest BCUT2D eigenvalue weighted by Gasteiger charge is 2.63. The summed E-state index contributed by atoms with van der Waals surface area (Å²) in [6.07, 6.45) is 0. The fourth-order valence-electron chi connectivity index (χ4n) is 6.64. The number of ether oxygens (including phenoxy) is 1. The number of rotatable bonds is 6. The number of benzene rings is 3. The van der Waals surface area contributed by atoms with Gasteiger partial charge in [-0.15, -0.1) is 0 Å². The maximum atomic E-state index is 14.0.